The molecule has 0 radical (unpaired) electrons. The van der Waals surface area contributed by atoms with Gasteiger partial charge in [0.1, 0.15) is 11.2 Å². The molecule has 1 aliphatic rings. The molecule has 1 aliphatic carbocycles. The summed E-state index contributed by atoms with van der Waals surface area (Å²) in [6.07, 6.45) is 0. The molecule has 0 aliphatic heterocycles. The minimum atomic E-state index is -0.0999. The molecule has 10 aromatic rings. The van der Waals surface area contributed by atoms with E-state index >= 15 is 0 Å². The van der Waals surface area contributed by atoms with Crippen molar-refractivity contribution in [2.75, 3.05) is 0 Å². The third-order valence-electron chi connectivity index (χ3n) is 11.4. The Hall–Kier alpha value is -6.85. The van der Waals surface area contributed by atoms with Crippen LogP contribution in [0.15, 0.2) is 156 Å². The first-order valence-corrected chi connectivity index (χ1v) is 18.5. The molecule has 0 saturated carbocycles. The number of furan rings is 1. The van der Waals surface area contributed by atoms with Gasteiger partial charge in [-0.1, -0.05) is 141 Å². The highest BCUT2D eigenvalue weighted by Crippen LogP contribution is 2.53. The highest BCUT2D eigenvalue weighted by Gasteiger charge is 2.37. The van der Waals surface area contributed by atoms with Crippen molar-refractivity contribution in [3.8, 4) is 51.0 Å². The van der Waals surface area contributed by atoms with Crippen LogP contribution in [0.25, 0.3) is 94.7 Å². The maximum Gasteiger partial charge on any atom is 0.168 e. The fourth-order valence-electron chi connectivity index (χ4n) is 8.89. The van der Waals surface area contributed by atoms with Gasteiger partial charge in [0, 0.05) is 32.7 Å². The van der Waals surface area contributed by atoms with Gasteiger partial charge in [-0.3, -0.25) is 0 Å². The van der Waals surface area contributed by atoms with E-state index in [0.717, 1.165) is 55.4 Å². The van der Waals surface area contributed by atoms with Crippen molar-refractivity contribution < 1.29 is 4.42 Å². The van der Waals surface area contributed by atoms with Gasteiger partial charge in [-0.15, -0.1) is 0 Å². The zero-order chi connectivity index (χ0) is 36.1. The van der Waals surface area contributed by atoms with Gasteiger partial charge in [0.25, 0.3) is 0 Å². The van der Waals surface area contributed by atoms with E-state index in [-0.39, 0.29) is 5.41 Å². The molecule has 5 heteroatoms. The van der Waals surface area contributed by atoms with Gasteiger partial charge in [0.2, 0.25) is 0 Å². The van der Waals surface area contributed by atoms with Crippen LogP contribution < -0.4 is 0 Å². The first-order chi connectivity index (χ1) is 26.5. The predicted molar refractivity (Wildman–Crippen MR) is 220 cm³/mol. The van der Waals surface area contributed by atoms with Crippen molar-refractivity contribution >= 4 is 43.7 Å². The predicted octanol–water partition coefficient (Wildman–Crippen LogP) is 12.5. The summed E-state index contributed by atoms with van der Waals surface area (Å²) in [6, 6.07) is 53.2. The highest BCUT2D eigenvalue weighted by atomic mass is 16.3. The van der Waals surface area contributed by atoms with Gasteiger partial charge in [-0.2, -0.15) is 0 Å². The minimum absolute atomic E-state index is 0.0999. The zero-order valence-corrected chi connectivity index (χ0v) is 30.1. The van der Waals surface area contributed by atoms with Crippen molar-refractivity contribution in [1.82, 2.24) is 19.5 Å². The van der Waals surface area contributed by atoms with E-state index < -0.39 is 0 Å². The molecule has 54 heavy (non-hydrogen) atoms. The van der Waals surface area contributed by atoms with Crippen LogP contribution in [0.1, 0.15) is 30.5 Å². The third kappa shape index (κ3) is 4.29. The SMILES string of the molecule is Cc1cc(-n2c3ccccc3c3c4c(ccc32)C(C)(C)c2ccccc2-4)c2c(oc3ccccc32)c1-c1nc(-c2ccccc2)nc(-c2ccccc2)n1. The number of para-hydroxylation sites is 2. The number of rotatable bonds is 4. The second-order valence-corrected chi connectivity index (χ2v) is 14.8. The summed E-state index contributed by atoms with van der Waals surface area (Å²) in [5, 5.41) is 4.58. The van der Waals surface area contributed by atoms with E-state index in [2.05, 4.69) is 104 Å². The normalized spacial score (nSPS) is 13.2. The van der Waals surface area contributed by atoms with Crippen LogP contribution in [-0.2, 0) is 5.41 Å². The summed E-state index contributed by atoms with van der Waals surface area (Å²) in [5.41, 5.74) is 14.0. The number of nitrogens with zero attached hydrogens (tertiary/aromatic N) is 4. The lowest BCUT2D eigenvalue weighted by molar-refractivity contribution is 0.661. The Morgan fingerprint density at radius 2 is 1.13 bits per heavy atom. The van der Waals surface area contributed by atoms with E-state index in [1.807, 2.05) is 72.8 Å². The van der Waals surface area contributed by atoms with Crippen molar-refractivity contribution in [2.24, 2.45) is 0 Å². The Labute approximate surface area is 312 Å². The number of hydrogen-bond donors (Lipinski definition) is 0. The number of aryl methyl sites for hydroxylation is 1. The summed E-state index contributed by atoms with van der Waals surface area (Å²) in [7, 11) is 0. The summed E-state index contributed by atoms with van der Waals surface area (Å²) in [6.45, 7) is 6.84. The number of benzene rings is 7. The fourth-order valence-corrected chi connectivity index (χ4v) is 8.89. The summed E-state index contributed by atoms with van der Waals surface area (Å²) >= 11 is 0. The van der Waals surface area contributed by atoms with Gasteiger partial charge in [0.05, 0.1) is 27.7 Å². The molecule has 0 N–H and O–H groups in total. The first kappa shape index (κ1) is 30.7. The van der Waals surface area contributed by atoms with Gasteiger partial charge in [0.15, 0.2) is 17.5 Å². The Kier molecular flexibility index (Phi) is 6.45. The molecule has 0 spiro atoms. The monoisotopic (exact) mass is 694 g/mol. The van der Waals surface area contributed by atoms with Crippen LogP contribution in [0.3, 0.4) is 0 Å². The average molecular weight is 695 g/mol. The lowest BCUT2D eigenvalue weighted by Crippen LogP contribution is -2.14. The molecule has 7 aromatic carbocycles. The Morgan fingerprint density at radius 1 is 0.519 bits per heavy atom. The molecule has 11 rings (SSSR count). The lowest BCUT2D eigenvalue weighted by atomic mass is 9.82. The van der Waals surface area contributed by atoms with Gasteiger partial charge in [-0.05, 0) is 59.0 Å². The highest BCUT2D eigenvalue weighted by molar-refractivity contribution is 6.20. The molecule has 256 valence electrons. The topological polar surface area (TPSA) is 56.7 Å². The maximum atomic E-state index is 6.91. The Balaban J connectivity index is 1.25. The summed E-state index contributed by atoms with van der Waals surface area (Å²) in [5.74, 6) is 1.81. The van der Waals surface area contributed by atoms with E-state index in [9.17, 15) is 0 Å². The largest absolute Gasteiger partial charge is 0.455 e. The van der Waals surface area contributed by atoms with Crippen LogP contribution in [0.2, 0.25) is 0 Å². The molecule has 0 amide bonds. The van der Waals surface area contributed by atoms with Crippen LogP contribution in [0, 0.1) is 6.92 Å². The third-order valence-corrected chi connectivity index (χ3v) is 11.4. The molecular weight excluding hydrogens is 661 g/mol. The van der Waals surface area contributed by atoms with Gasteiger partial charge in [-0.25, -0.2) is 15.0 Å². The number of aromatic nitrogens is 4. The lowest BCUT2D eigenvalue weighted by Gasteiger charge is -2.21. The van der Waals surface area contributed by atoms with Crippen LogP contribution in [-0.4, -0.2) is 19.5 Å². The Bertz CT molecular complexity index is 3080. The molecule has 0 fully saturated rings. The van der Waals surface area contributed by atoms with E-state index in [4.69, 9.17) is 19.4 Å². The summed E-state index contributed by atoms with van der Waals surface area (Å²) < 4.78 is 9.35. The second kappa shape index (κ2) is 11.3. The van der Waals surface area contributed by atoms with Crippen molar-refractivity contribution in [3.05, 3.63) is 168 Å². The van der Waals surface area contributed by atoms with Crippen LogP contribution >= 0.6 is 0 Å². The first-order valence-electron chi connectivity index (χ1n) is 18.5. The molecular formula is C49H34N4O. The molecule has 3 aromatic heterocycles. The van der Waals surface area contributed by atoms with Crippen LogP contribution in [0.4, 0.5) is 0 Å². The molecule has 0 atom stereocenters. The van der Waals surface area contributed by atoms with Gasteiger partial charge < -0.3 is 8.98 Å². The maximum absolute atomic E-state index is 6.91. The smallest absolute Gasteiger partial charge is 0.168 e. The van der Waals surface area contributed by atoms with Crippen LogP contribution in [0.5, 0.6) is 0 Å². The van der Waals surface area contributed by atoms with E-state index in [0.29, 0.717) is 17.5 Å². The van der Waals surface area contributed by atoms with Crippen molar-refractivity contribution in [3.63, 3.8) is 0 Å². The second-order valence-electron chi connectivity index (χ2n) is 14.8. The van der Waals surface area contributed by atoms with E-state index in [1.54, 1.807) is 0 Å². The number of fused-ring (bicyclic) bond motifs is 10. The molecule has 0 saturated heterocycles. The fraction of sp³-hybridized carbons (Fsp3) is 0.0816. The average Bonchev–Trinajstić information content (AvgIpc) is 3.84. The van der Waals surface area contributed by atoms with Crippen molar-refractivity contribution in [2.45, 2.75) is 26.2 Å². The van der Waals surface area contributed by atoms with E-state index in [1.165, 1.54) is 38.5 Å². The summed E-state index contributed by atoms with van der Waals surface area (Å²) in [4.78, 5) is 15.3. The minimum Gasteiger partial charge on any atom is -0.455 e. The zero-order valence-electron chi connectivity index (χ0n) is 30.1. The Morgan fingerprint density at radius 3 is 1.87 bits per heavy atom. The molecule has 0 unspecified atom stereocenters. The van der Waals surface area contributed by atoms with Gasteiger partial charge >= 0.3 is 0 Å². The molecule has 3 heterocycles. The quantitative estimate of drug-likeness (QED) is 0.184. The molecule has 5 nitrogen and oxygen atoms in total. The molecule has 0 bridgehead atoms. The standard InChI is InChI=1S/C49H34N4O/c1-29-28-39(53-37-24-14-11-21-33(37)43-38(53)27-26-36-42(43)32-20-10-13-23-35(32)49(36,2)3)44-34-22-12-15-25-40(34)54-45(44)41(29)48-51-46(30-16-6-4-7-17-30)50-47(52-48)31-18-8-5-9-19-31/h4-28H,1-3H3. The number of hydrogen-bond acceptors (Lipinski definition) is 4. The van der Waals surface area contributed by atoms with Crippen molar-refractivity contribution in [1.29, 1.82) is 0 Å².